The number of fused-ring (bicyclic) bond motifs is 2. The third-order valence-corrected chi connectivity index (χ3v) is 4.94. The Hall–Kier alpha value is -1.32. The second-order valence-corrected chi connectivity index (χ2v) is 5.88. The van der Waals surface area contributed by atoms with Crippen LogP contribution in [0.1, 0.15) is 44.4 Å². The summed E-state index contributed by atoms with van der Waals surface area (Å²) in [5, 5.41) is 3.91. The smallest absolute Gasteiger partial charge is 0.229 e. The Kier molecular flexibility index (Phi) is 2.50. The first-order chi connectivity index (χ1) is 8.58. The minimum absolute atomic E-state index is 0.272. The molecule has 4 nitrogen and oxygen atoms in total. The van der Waals surface area contributed by atoms with Gasteiger partial charge in [-0.15, -0.1) is 0 Å². The number of nitrogens with zero attached hydrogens (tertiary/aromatic N) is 2. The van der Waals surface area contributed by atoms with Crippen LogP contribution < -0.4 is 0 Å². The van der Waals surface area contributed by atoms with Crippen molar-refractivity contribution in [3.63, 3.8) is 0 Å². The van der Waals surface area contributed by atoms with Crippen LogP contribution in [0.5, 0.6) is 0 Å². The van der Waals surface area contributed by atoms with E-state index in [2.05, 4.69) is 25.9 Å². The Morgan fingerprint density at radius 1 is 1.61 bits per heavy atom. The van der Waals surface area contributed by atoms with E-state index in [4.69, 9.17) is 4.52 Å². The van der Waals surface area contributed by atoms with E-state index in [1.807, 2.05) is 4.90 Å². The van der Waals surface area contributed by atoms with E-state index in [-0.39, 0.29) is 5.41 Å². The van der Waals surface area contributed by atoms with Crippen molar-refractivity contribution in [1.82, 2.24) is 10.1 Å². The van der Waals surface area contributed by atoms with Crippen LogP contribution in [0.15, 0.2) is 10.7 Å². The molecule has 0 spiro atoms. The van der Waals surface area contributed by atoms with Crippen molar-refractivity contribution in [3.8, 4) is 0 Å². The lowest BCUT2D eigenvalue weighted by molar-refractivity contribution is -0.151. The van der Waals surface area contributed by atoms with Crippen LogP contribution >= 0.6 is 0 Å². The van der Waals surface area contributed by atoms with Gasteiger partial charge in [-0.1, -0.05) is 19.0 Å². The first kappa shape index (κ1) is 11.8. The Bertz CT molecular complexity index is 482. The molecule has 1 aromatic rings. The Morgan fingerprint density at radius 2 is 2.39 bits per heavy atom. The van der Waals surface area contributed by atoms with Gasteiger partial charge < -0.3 is 9.42 Å². The van der Waals surface area contributed by atoms with Crippen molar-refractivity contribution in [2.75, 3.05) is 13.1 Å². The molecular formula is C14H20N2O2. The Morgan fingerprint density at radius 3 is 3.11 bits per heavy atom. The van der Waals surface area contributed by atoms with Gasteiger partial charge in [0.2, 0.25) is 5.91 Å². The molecule has 0 unspecified atom stereocenters. The number of hydrogen-bond acceptors (Lipinski definition) is 3. The molecule has 0 radical (unpaired) electrons. The molecule has 1 aliphatic heterocycles. The maximum atomic E-state index is 12.7. The van der Waals surface area contributed by atoms with Gasteiger partial charge in [-0.05, 0) is 25.7 Å². The summed E-state index contributed by atoms with van der Waals surface area (Å²) in [6, 6.07) is 0. The summed E-state index contributed by atoms with van der Waals surface area (Å²) >= 11 is 0. The van der Waals surface area contributed by atoms with Crippen LogP contribution in [0.3, 0.4) is 0 Å². The summed E-state index contributed by atoms with van der Waals surface area (Å²) in [5.41, 5.74) is 0.847. The van der Waals surface area contributed by atoms with Crippen LogP contribution in [-0.2, 0) is 11.2 Å². The molecule has 1 fully saturated rings. The lowest BCUT2D eigenvalue weighted by atomic mass is 9.59. The molecule has 0 bridgehead atoms. The normalized spacial score (nSPS) is 35.3. The fourth-order valence-corrected chi connectivity index (χ4v) is 3.90. The zero-order chi connectivity index (χ0) is 12.9. The maximum absolute atomic E-state index is 12.7. The van der Waals surface area contributed by atoms with E-state index in [0.717, 1.165) is 37.3 Å². The third kappa shape index (κ3) is 1.38. The average Bonchev–Trinajstić information content (AvgIpc) is 2.80. The molecule has 1 amide bonds. The minimum Gasteiger partial charge on any atom is -0.361 e. The van der Waals surface area contributed by atoms with Crippen LogP contribution in [0, 0.1) is 11.3 Å². The quantitative estimate of drug-likeness (QED) is 0.765. The molecule has 0 aromatic carbocycles. The number of likely N-dealkylation sites (tertiary alicyclic amines) is 1. The van der Waals surface area contributed by atoms with Crippen molar-refractivity contribution in [1.29, 1.82) is 0 Å². The summed E-state index contributed by atoms with van der Waals surface area (Å²) in [6.07, 6.45) is 3.62. The summed E-state index contributed by atoms with van der Waals surface area (Å²) in [5.74, 6) is 1.98. The SMILES string of the molecule is CCN1CC[C@@H]2[C@@H](C)c3oncc3C[C@@]2(C)C1=O. The fraction of sp³-hybridized carbons (Fsp3) is 0.714. The van der Waals surface area contributed by atoms with Gasteiger partial charge in [-0.2, -0.15) is 0 Å². The number of piperidine rings is 1. The molecule has 2 aliphatic rings. The van der Waals surface area contributed by atoms with E-state index in [0.29, 0.717) is 17.7 Å². The van der Waals surface area contributed by atoms with E-state index < -0.39 is 0 Å². The van der Waals surface area contributed by atoms with Crippen LogP contribution in [-0.4, -0.2) is 29.1 Å². The van der Waals surface area contributed by atoms with Crippen molar-refractivity contribution >= 4 is 5.91 Å². The van der Waals surface area contributed by atoms with Gasteiger partial charge >= 0.3 is 0 Å². The average molecular weight is 248 g/mol. The van der Waals surface area contributed by atoms with E-state index in [9.17, 15) is 4.79 Å². The summed E-state index contributed by atoms with van der Waals surface area (Å²) in [7, 11) is 0. The molecule has 4 heteroatoms. The molecule has 18 heavy (non-hydrogen) atoms. The first-order valence-corrected chi connectivity index (χ1v) is 6.80. The monoisotopic (exact) mass is 248 g/mol. The van der Waals surface area contributed by atoms with Crippen LogP contribution in [0.2, 0.25) is 0 Å². The highest BCUT2D eigenvalue weighted by Gasteiger charge is 2.53. The van der Waals surface area contributed by atoms with Gasteiger partial charge in [0.05, 0.1) is 11.6 Å². The van der Waals surface area contributed by atoms with E-state index in [1.165, 1.54) is 0 Å². The fourth-order valence-electron chi connectivity index (χ4n) is 3.90. The number of hydrogen-bond donors (Lipinski definition) is 0. The molecule has 1 saturated heterocycles. The molecule has 0 N–H and O–H groups in total. The molecule has 98 valence electrons. The number of carbonyl (C=O) groups excluding carboxylic acids is 1. The molecule has 1 aromatic heterocycles. The van der Waals surface area contributed by atoms with Crippen molar-refractivity contribution in [3.05, 3.63) is 17.5 Å². The highest BCUT2D eigenvalue weighted by atomic mass is 16.5. The second kappa shape index (κ2) is 3.84. The molecule has 2 heterocycles. The van der Waals surface area contributed by atoms with Gasteiger partial charge in [-0.25, -0.2) is 0 Å². The van der Waals surface area contributed by atoms with Gasteiger partial charge in [0, 0.05) is 24.6 Å². The predicted molar refractivity (Wildman–Crippen MR) is 67.1 cm³/mol. The highest BCUT2D eigenvalue weighted by Crippen LogP contribution is 2.51. The second-order valence-electron chi connectivity index (χ2n) is 5.88. The Labute approximate surface area is 107 Å². The molecular weight excluding hydrogens is 228 g/mol. The van der Waals surface area contributed by atoms with Crippen LogP contribution in [0.4, 0.5) is 0 Å². The first-order valence-electron chi connectivity index (χ1n) is 6.80. The Balaban J connectivity index is 2.03. The molecule has 0 saturated carbocycles. The summed E-state index contributed by atoms with van der Waals surface area (Å²) in [6.45, 7) is 8.03. The summed E-state index contributed by atoms with van der Waals surface area (Å²) < 4.78 is 5.38. The standard InChI is InChI=1S/C14H20N2O2/c1-4-16-6-5-11-9(2)12-10(8-15-18-12)7-14(11,3)13(16)17/h8-9,11H,4-7H2,1-3H3/t9-,11-,14-/m1/s1. The van der Waals surface area contributed by atoms with Gasteiger partial charge in [0.15, 0.2) is 0 Å². The van der Waals surface area contributed by atoms with Crippen molar-refractivity contribution in [2.45, 2.75) is 39.5 Å². The van der Waals surface area contributed by atoms with Gasteiger partial charge in [0.1, 0.15) is 5.76 Å². The molecule has 1 aliphatic carbocycles. The van der Waals surface area contributed by atoms with Crippen molar-refractivity contribution in [2.24, 2.45) is 11.3 Å². The van der Waals surface area contributed by atoms with E-state index >= 15 is 0 Å². The number of carbonyl (C=O) groups is 1. The van der Waals surface area contributed by atoms with Gasteiger partial charge in [-0.3, -0.25) is 4.79 Å². The number of amides is 1. The van der Waals surface area contributed by atoms with E-state index in [1.54, 1.807) is 6.20 Å². The third-order valence-electron chi connectivity index (χ3n) is 4.94. The maximum Gasteiger partial charge on any atom is 0.229 e. The molecule has 3 rings (SSSR count). The molecule has 3 atom stereocenters. The largest absolute Gasteiger partial charge is 0.361 e. The zero-order valence-corrected chi connectivity index (χ0v) is 11.3. The number of rotatable bonds is 1. The van der Waals surface area contributed by atoms with Gasteiger partial charge in [0.25, 0.3) is 0 Å². The lowest BCUT2D eigenvalue weighted by Crippen LogP contribution is -2.55. The highest BCUT2D eigenvalue weighted by molar-refractivity contribution is 5.84. The summed E-state index contributed by atoms with van der Waals surface area (Å²) in [4.78, 5) is 14.7. The lowest BCUT2D eigenvalue weighted by Gasteiger charge is -2.49. The topological polar surface area (TPSA) is 46.3 Å². The van der Waals surface area contributed by atoms with Crippen molar-refractivity contribution < 1.29 is 9.32 Å². The minimum atomic E-state index is -0.272. The number of aromatic nitrogens is 1. The predicted octanol–water partition coefficient (Wildman–Crippen LogP) is 2.21. The van der Waals surface area contributed by atoms with Crippen LogP contribution in [0.25, 0.3) is 0 Å². The zero-order valence-electron chi connectivity index (χ0n) is 11.3.